The van der Waals surface area contributed by atoms with Crippen LogP contribution in [0.1, 0.15) is 20.8 Å². The normalized spacial score (nSPS) is 11.4. The molecule has 0 aliphatic heterocycles. The molecule has 0 amide bonds. The summed E-state index contributed by atoms with van der Waals surface area (Å²) < 4.78 is 0. The van der Waals surface area contributed by atoms with Crippen LogP contribution in [-0.4, -0.2) is 12.2 Å². The fourth-order valence-electron chi connectivity index (χ4n) is 0.269. The lowest BCUT2D eigenvalue weighted by molar-refractivity contribution is 0.434. The molecule has 0 saturated carbocycles. The highest BCUT2D eigenvalue weighted by Crippen LogP contribution is 1.96. The van der Waals surface area contributed by atoms with Crippen molar-refractivity contribution in [1.29, 1.82) is 0 Å². The topological polar surface area (TPSA) is 41.5 Å². The summed E-state index contributed by atoms with van der Waals surface area (Å²) in [5.41, 5.74) is 0.00785. The van der Waals surface area contributed by atoms with Gasteiger partial charge in [-0.05, 0) is 20.8 Å². The van der Waals surface area contributed by atoms with Crippen LogP contribution in [0.3, 0.4) is 0 Å². The smallest absolute Gasteiger partial charge is 0.131 e. The van der Waals surface area contributed by atoms with Crippen molar-refractivity contribution in [2.75, 3.05) is 6.67 Å². The maximum Gasteiger partial charge on any atom is 0.131 e. The molecule has 0 fully saturated rings. The number of hydrogen-bond acceptors (Lipinski definition) is 3. The molecule has 1 N–H and O–H groups in total. The van der Waals surface area contributed by atoms with Gasteiger partial charge in [0.25, 0.3) is 0 Å². The summed E-state index contributed by atoms with van der Waals surface area (Å²) in [6.45, 7) is 6.15. The molecule has 0 atom stereocenters. The Morgan fingerprint density at radius 2 is 2.00 bits per heavy atom. The molecule has 0 saturated heterocycles. The van der Waals surface area contributed by atoms with Crippen molar-refractivity contribution in [3.8, 4) is 0 Å². The predicted molar refractivity (Wildman–Crippen MR) is 33.6 cm³/mol. The highest BCUT2D eigenvalue weighted by Gasteiger charge is 2.06. The molecule has 3 heteroatoms. The van der Waals surface area contributed by atoms with E-state index in [9.17, 15) is 4.91 Å². The summed E-state index contributed by atoms with van der Waals surface area (Å²) in [5, 5.41) is 5.55. The number of hydrogen-bond donors (Lipinski definition) is 1. The zero-order valence-electron chi connectivity index (χ0n) is 5.56. The molecule has 3 nitrogen and oxygen atoms in total. The summed E-state index contributed by atoms with van der Waals surface area (Å²) in [4.78, 5) is 9.54. The molecule has 0 radical (unpaired) electrons. The van der Waals surface area contributed by atoms with Gasteiger partial charge in [0.05, 0.1) is 0 Å². The van der Waals surface area contributed by atoms with Gasteiger partial charge in [0.1, 0.15) is 6.67 Å². The Hall–Kier alpha value is -0.440. The maximum atomic E-state index is 9.54. The first-order valence-corrected chi connectivity index (χ1v) is 2.60. The minimum atomic E-state index is 0.00785. The maximum absolute atomic E-state index is 9.54. The second-order valence-electron chi connectivity index (χ2n) is 2.71. The summed E-state index contributed by atoms with van der Waals surface area (Å²) in [6, 6.07) is 0. The minimum Gasteiger partial charge on any atom is -0.291 e. The van der Waals surface area contributed by atoms with Crippen molar-refractivity contribution in [2.45, 2.75) is 26.3 Å². The summed E-state index contributed by atoms with van der Waals surface area (Å²) in [6.07, 6.45) is 0. The Balaban J connectivity index is 3.24. The molecule has 0 aromatic rings. The molecule has 0 aromatic heterocycles. The average Bonchev–Trinajstić information content (AvgIpc) is 1.59. The highest BCUT2D eigenvalue weighted by molar-refractivity contribution is 4.68. The second-order valence-corrected chi connectivity index (χ2v) is 2.71. The van der Waals surface area contributed by atoms with E-state index in [4.69, 9.17) is 0 Å². The molecule has 0 spiro atoms. The van der Waals surface area contributed by atoms with Gasteiger partial charge in [-0.3, -0.25) is 5.32 Å². The van der Waals surface area contributed by atoms with E-state index in [1.165, 1.54) is 0 Å². The van der Waals surface area contributed by atoms with Crippen molar-refractivity contribution in [1.82, 2.24) is 5.32 Å². The number of nitrogens with zero attached hydrogens (tertiary/aromatic N) is 1. The molecular formula is C5H12N2O. The van der Waals surface area contributed by atoms with E-state index in [0.717, 1.165) is 0 Å². The Bertz CT molecular complexity index is 75.0. The summed E-state index contributed by atoms with van der Waals surface area (Å²) in [7, 11) is 0. The van der Waals surface area contributed by atoms with E-state index >= 15 is 0 Å². The largest absolute Gasteiger partial charge is 0.291 e. The monoisotopic (exact) mass is 116 g/mol. The highest BCUT2D eigenvalue weighted by atomic mass is 16.3. The van der Waals surface area contributed by atoms with Crippen LogP contribution in [0.25, 0.3) is 0 Å². The third kappa shape index (κ3) is 5.56. The number of nitroso groups, excluding NO2 is 1. The van der Waals surface area contributed by atoms with Gasteiger partial charge in [0, 0.05) is 5.54 Å². The van der Waals surface area contributed by atoms with E-state index in [0.29, 0.717) is 0 Å². The Kier molecular flexibility index (Phi) is 2.62. The third-order valence-electron chi connectivity index (χ3n) is 0.674. The fourth-order valence-corrected chi connectivity index (χ4v) is 0.269. The van der Waals surface area contributed by atoms with Crippen molar-refractivity contribution < 1.29 is 0 Å². The van der Waals surface area contributed by atoms with Crippen molar-refractivity contribution in [2.24, 2.45) is 5.18 Å². The van der Waals surface area contributed by atoms with E-state index in [1.54, 1.807) is 0 Å². The van der Waals surface area contributed by atoms with Crippen LogP contribution >= 0.6 is 0 Å². The molecule has 48 valence electrons. The lowest BCUT2D eigenvalue weighted by atomic mass is 10.1. The van der Waals surface area contributed by atoms with Crippen LogP contribution in [0.4, 0.5) is 0 Å². The van der Waals surface area contributed by atoms with Crippen LogP contribution in [0.2, 0.25) is 0 Å². The van der Waals surface area contributed by atoms with Crippen molar-refractivity contribution in [3.05, 3.63) is 4.91 Å². The summed E-state index contributed by atoms with van der Waals surface area (Å²) in [5.74, 6) is 0. The number of nitrogens with one attached hydrogen (secondary N) is 1. The van der Waals surface area contributed by atoms with E-state index in [2.05, 4.69) is 10.5 Å². The molecule has 0 aliphatic rings. The molecule has 0 heterocycles. The van der Waals surface area contributed by atoms with Gasteiger partial charge < -0.3 is 0 Å². The lowest BCUT2D eigenvalue weighted by Gasteiger charge is -2.17. The zero-order valence-corrected chi connectivity index (χ0v) is 5.56. The molecule has 0 bridgehead atoms. The van der Waals surface area contributed by atoms with Gasteiger partial charge in [-0.1, -0.05) is 5.18 Å². The van der Waals surface area contributed by atoms with Gasteiger partial charge in [-0.25, -0.2) is 0 Å². The molecule has 0 aliphatic carbocycles. The minimum absolute atomic E-state index is 0.00785. The Labute approximate surface area is 49.4 Å². The molecule has 0 unspecified atom stereocenters. The van der Waals surface area contributed by atoms with Crippen molar-refractivity contribution in [3.63, 3.8) is 0 Å². The van der Waals surface area contributed by atoms with Gasteiger partial charge in [-0.15, -0.1) is 4.91 Å². The zero-order chi connectivity index (χ0) is 6.62. The van der Waals surface area contributed by atoms with Gasteiger partial charge >= 0.3 is 0 Å². The van der Waals surface area contributed by atoms with E-state index < -0.39 is 0 Å². The Morgan fingerprint density at radius 1 is 1.50 bits per heavy atom. The summed E-state index contributed by atoms with van der Waals surface area (Å²) >= 11 is 0. The second kappa shape index (κ2) is 2.77. The first-order valence-electron chi connectivity index (χ1n) is 2.60. The van der Waals surface area contributed by atoms with E-state index in [1.807, 2.05) is 20.8 Å². The van der Waals surface area contributed by atoms with Crippen LogP contribution in [-0.2, 0) is 0 Å². The molecular weight excluding hydrogens is 104 g/mol. The fraction of sp³-hybridized carbons (Fsp3) is 1.00. The van der Waals surface area contributed by atoms with Gasteiger partial charge in [0.2, 0.25) is 0 Å². The molecule has 8 heavy (non-hydrogen) atoms. The average molecular weight is 116 g/mol. The lowest BCUT2D eigenvalue weighted by Crippen LogP contribution is -2.35. The third-order valence-corrected chi connectivity index (χ3v) is 0.674. The first kappa shape index (κ1) is 7.56. The van der Waals surface area contributed by atoms with Crippen LogP contribution in [0, 0.1) is 4.91 Å². The van der Waals surface area contributed by atoms with Gasteiger partial charge in [0.15, 0.2) is 0 Å². The number of rotatable bonds is 2. The van der Waals surface area contributed by atoms with Crippen molar-refractivity contribution >= 4 is 0 Å². The van der Waals surface area contributed by atoms with Crippen LogP contribution in [0.15, 0.2) is 5.18 Å². The Morgan fingerprint density at radius 3 is 2.12 bits per heavy atom. The SMILES string of the molecule is CC(C)(C)NCN=O. The molecule has 0 aromatic carbocycles. The predicted octanol–water partition coefficient (Wildman–Crippen LogP) is 1.10. The molecule has 0 rings (SSSR count). The quantitative estimate of drug-likeness (QED) is 0.549. The first-order chi connectivity index (χ1) is 3.56. The van der Waals surface area contributed by atoms with Crippen LogP contribution < -0.4 is 5.32 Å². The van der Waals surface area contributed by atoms with Crippen LogP contribution in [0.5, 0.6) is 0 Å². The standard InChI is InChI=1S/C5H12N2O/c1-5(2,3)6-4-7-8/h6H,4H2,1-3H3. The van der Waals surface area contributed by atoms with Gasteiger partial charge in [-0.2, -0.15) is 0 Å². The van der Waals surface area contributed by atoms with E-state index in [-0.39, 0.29) is 12.2 Å².